The van der Waals surface area contributed by atoms with Crippen LogP contribution in [0.15, 0.2) is 10.7 Å². The Hall–Kier alpha value is -0.510. The van der Waals surface area contributed by atoms with Crippen LogP contribution in [-0.2, 0) is 4.74 Å². The molecule has 0 radical (unpaired) electrons. The number of carbonyl (C=O) groups is 1. The Kier molecular flexibility index (Phi) is 2.46. The van der Waals surface area contributed by atoms with Gasteiger partial charge in [0.1, 0.15) is 5.60 Å². The van der Waals surface area contributed by atoms with E-state index in [0.717, 1.165) is 4.61 Å². The number of halogens is 1. The Labute approximate surface area is 80.5 Å². The zero-order chi connectivity index (χ0) is 9.35. The molecule has 0 unspecified atom stereocenters. The van der Waals surface area contributed by atoms with Crippen molar-refractivity contribution in [3.05, 3.63) is 10.7 Å². The molecule has 12 heavy (non-hydrogen) atoms. The van der Waals surface area contributed by atoms with Crippen LogP contribution >= 0.6 is 15.9 Å². The van der Waals surface area contributed by atoms with E-state index in [4.69, 9.17) is 4.74 Å². The summed E-state index contributed by atoms with van der Waals surface area (Å²) in [5, 5.41) is 0. The zero-order valence-electron chi connectivity index (χ0n) is 7.43. The van der Waals surface area contributed by atoms with E-state index in [0.29, 0.717) is 6.54 Å². The molecule has 1 heterocycles. The van der Waals surface area contributed by atoms with E-state index in [1.54, 1.807) is 0 Å². The second-order valence-electron chi connectivity index (χ2n) is 3.62. The molecule has 4 heteroatoms. The van der Waals surface area contributed by atoms with Crippen LogP contribution in [0.25, 0.3) is 0 Å². The van der Waals surface area contributed by atoms with Crippen LogP contribution in [0.1, 0.15) is 20.8 Å². The molecule has 0 N–H and O–H groups in total. The second kappa shape index (κ2) is 3.09. The topological polar surface area (TPSA) is 29.5 Å². The first kappa shape index (κ1) is 9.58. The molecule has 1 rings (SSSR count). The van der Waals surface area contributed by atoms with E-state index in [1.165, 1.54) is 4.90 Å². The molecule has 0 aromatic rings. The summed E-state index contributed by atoms with van der Waals surface area (Å²) >= 11 is 3.22. The van der Waals surface area contributed by atoms with Gasteiger partial charge in [-0.25, -0.2) is 4.79 Å². The molecule has 3 nitrogen and oxygen atoms in total. The van der Waals surface area contributed by atoms with Crippen molar-refractivity contribution in [1.29, 1.82) is 0 Å². The lowest BCUT2D eigenvalue weighted by atomic mass is 10.2. The van der Waals surface area contributed by atoms with Crippen molar-refractivity contribution < 1.29 is 9.53 Å². The van der Waals surface area contributed by atoms with Crippen molar-refractivity contribution in [3.8, 4) is 0 Å². The van der Waals surface area contributed by atoms with Gasteiger partial charge in [-0.05, 0) is 42.8 Å². The van der Waals surface area contributed by atoms with Gasteiger partial charge in [-0.3, -0.25) is 4.90 Å². The molecule has 1 aliphatic rings. The minimum absolute atomic E-state index is 0.295. The SMILES string of the molecule is CC(C)(C)OC(=O)N1CC=C1Br. The molecule has 1 aliphatic heterocycles. The lowest BCUT2D eigenvalue weighted by Crippen LogP contribution is -2.39. The smallest absolute Gasteiger partial charge is 0.415 e. The number of hydrogen-bond acceptors (Lipinski definition) is 2. The van der Waals surface area contributed by atoms with Crippen molar-refractivity contribution in [3.63, 3.8) is 0 Å². The Balaban J connectivity index is 2.46. The van der Waals surface area contributed by atoms with Gasteiger partial charge >= 0.3 is 6.09 Å². The molecule has 0 fully saturated rings. The van der Waals surface area contributed by atoms with Gasteiger partial charge < -0.3 is 4.74 Å². The first-order chi connectivity index (χ1) is 5.40. The van der Waals surface area contributed by atoms with Crippen LogP contribution in [-0.4, -0.2) is 23.1 Å². The van der Waals surface area contributed by atoms with E-state index < -0.39 is 5.60 Å². The summed E-state index contributed by atoms with van der Waals surface area (Å²) in [4.78, 5) is 12.8. The van der Waals surface area contributed by atoms with E-state index >= 15 is 0 Å². The van der Waals surface area contributed by atoms with Gasteiger partial charge in [0, 0.05) is 0 Å². The molecular weight excluding hydrogens is 222 g/mol. The highest BCUT2D eigenvalue weighted by Crippen LogP contribution is 2.23. The lowest BCUT2D eigenvalue weighted by Gasteiger charge is -2.30. The molecule has 0 spiro atoms. The molecule has 0 aliphatic carbocycles. The molecule has 0 saturated carbocycles. The first-order valence-electron chi connectivity index (χ1n) is 3.76. The third-order valence-electron chi connectivity index (χ3n) is 1.31. The zero-order valence-corrected chi connectivity index (χ0v) is 9.01. The fourth-order valence-electron chi connectivity index (χ4n) is 0.730. The standard InChI is InChI=1S/C8H12BrNO2/c1-8(2,3)12-7(11)10-5-4-6(10)9/h4H,5H2,1-3H3. The Morgan fingerprint density at radius 1 is 1.67 bits per heavy atom. The first-order valence-corrected chi connectivity index (χ1v) is 4.55. The van der Waals surface area contributed by atoms with Gasteiger partial charge in [0.05, 0.1) is 11.2 Å². The normalized spacial score (nSPS) is 16.7. The largest absolute Gasteiger partial charge is 0.443 e. The molecule has 0 atom stereocenters. The predicted molar refractivity (Wildman–Crippen MR) is 50.0 cm³/mol. The lowest BCUT2D eigenvalue weighted by molar-refractivity contribution is 0.0320. The average Bonchev–Trinajstić information content (AvgIpc) is 1.79. The molecule has 0 saturated heterocycles. The number of amides is 1. The number of ether oxygens (including phenoxy) is 1. The summed E-state index contributed by atoms with van der Waals surface area (Å²) in [5.74, 6) is 0. The van der Waals surface area contributed by atoms with Crippen LogP contribution < -0.4 is 0 Å². The number of carbonyl (C=O) groups excluding carboxylic acids is 1. The summed E-state index contributed by atoms with van der Waals surface area (Å²) in [6, 6.07) is 0. The summed E-state index contributed by atoms with van der Waals surface area (Å²) in [6.07, 6.45) is 1.61. The van der Waals surface area contributed by atoms with E-state index in [1.807, 2.05) is 26.8 Å². The minimum atomic E-state index is -0.417. The summed E-state index contributed by atoms with van der Waals surface area (Å²) in [5.41, 5.74) is -0.417. The summed E-state index contributed by atoms with van der Waals surface area (Å²) in [7, 11) is 0. The second-order valence-corrected chi connectivity index (χ2v) is 4.43. The highest BCUT2D eigenvalue weighted by molar-refractivity contribution is 9.11. The van der Waals surface area contributed by atoms with Gasteiger partial charge in [-0.15, -0.1) is 0 Å². The minimum Gasteiger partial charge on any atom is -0.443 e. The molecule has 0 bridgehead atoms. The molecule has 68 valence electrons. The maximum atomic E-state index is 11.3. The Morgan fingerprint density at radius 2 is 2.25 bits per heavy atom. The van der Waals surface area contributed by atoms with Crippen LogP contribution in [0.2, 0.25) is 0 Å². The third-order valence-corrected chi connectivity index (χ3v) is 2.07. The quantitative estimate of drug-likeness (QED) is 0.602. The fourth-order valence-corrected chi connectivity index (χ4v) is 1.16. The van der Waals surface area contributed by atoms with Crippen LogP contribution in [0.5, 0.6) is 0 Å². The van der Waals surface area contributed by atoms with E-state index in [2.05, 4.69) is 15.9 Å². The molecule has 0 aromatic carbocycles. The van der Waals surface area contributed by atoms with Gasteiger partial charge in [0.15, 0.2) is 0 Å². The monoisotopic (exact) mass is 233 g/mol. The summed E-state index contributed by atoms with van der Waals surface area (Å²) < 4.78 is 5.92. The predicted octanol–water partition coefficient (Wildman–Crippen LogP) is 2.47. The highest BCUT2D eigenvalue weighted by atomic mass is 79.9. The highest BCUT2D eigenvalue weighted by Gasteiger charge is 2.27. The number of rotatable bonds is 0. The van der Waals surface area contributed by atoms with Crippen LogP contribution in [0.3, 0.4) is 0 Å². The van der Waals surface area contributed by atoms with Gasteiger partial charge in [0.2, 0.25) is 0 Å². The van der Waals surface area contributed by atoms with Gasteiger partial charge in [0.25, 0.3) is 0 Å². The van der Waals surface area contributed by atoms with Gasteiger partial charge in [-0.2, -0.15) is 0 Å². The van der Waals surface area contributed by atoms with E-state index in [9.17, 15) is 4.79 Å². The Bertz CT molecular complexity index is 230. The van der Waals surface area contributed by atoms with E-state index in [-0.39, 0.29) is 6.09 Å². The maximum absolute atomic E-state index is 11.3. The summed E-state index contributed by atoms with van der Waals surface area (Å²) in [6.45, 7) is 6.18. The van der Waals surface area contributed by atoms with Crippen molar-refractivity contribution in [1.82, 2.24) is 4.90 Å². The fraction of sp³-hybridized carbons (Fsp3) is 0.625. The number of nitrogens with zero attached hydrogens (tertiary/aromatic N) is 1. The molecule has 1 amide bonds. The van der Waals surface area contributed by atoms with Gasteiger partial charge in [-0.1, -0.05) is 0 Å². The van der Waals surface area contributed by atoms with Crippen molar-refractivity contribution in [2.24, 2.45) is 0 Å². The molecule has 0 aromatic heterocycles. The Morgan fingerprint density at radius 3 is 2.50 bits per heavy atom. The third kappa shape index (κ3) is 2.24. The van der Waals surface area contributed by atoms with Crippen molar-refractivity contribution >= 4 is 22.0 Å². The average molecular weight is 234 g/mol. The maximum Gasteiger partial charge on any atom is 0.415 e. The van der Waals surface area contributed by atoms with Crippen LogP contribution in [0.4, 0.5) is 4.79 Å². The molecular formula is C8H12BrNO2. The number of hydrogen-bond donors (Lipinski definition) is 0. The van der Waals surface area contributed by atoms with Crippen molar-refractivity contribution in [2.45, 2.75) is 26.4 Å². The van der Waals surface area contributed by atoms with Crippen LogP contribution in [0, 0.1) is 0 Å². The van der Waals surface area contributed by atoms with Crippen molar-refractivity contribution in [2.75, 3.05) is 6.54 Å².